The molecule has 5 heteroatoms. The number of rotatable bonds is 7. The van der Waals surface area contributed by atoms with Crippen LogP contribution in [0.4, 0.5) is 0 Å². The Hall–Kier alpha value is -0.940. The molecule has 1 aliphatic heterocycles. The van der Waals surface area contributed by atoms with Gasteiger partial charge in [0.25, 0.3) is 0 Å². The summed E-state index contributed by atoms with van der Waals surface area (Å²) in [6, 6.07) is -0.172. The maximum absolute atomic E-state index is 11.6. The summed E-state index contributed by atoms with van der Waals surface area (Å²) in [7, 11) is 1.79. The van der Waals surface area contributed by atoms with Gasteiger partial charge in [0.1, 0.15) is 5.78 Å². The molecule has 18 heavy (non-hydrogen) atoms. The Morgan fingerprint density at radius 2 is 2.33 bits per heavy atom. The molecule has 0 aromatic heterocycles. The fraction of sp³-hybridized carbons (Fsp3) is 0.846. The van der Waals surface area contributed by atoms with Gasteiger partial charge in [-0.1, -0.05) is 12.1 Å². The molecule has 1 fully saturated rings. The second-order valence-corrected chi connectivity index (χ2v) is 4.59. The molecule has 1 unspecified atom stereocenters. The third-order valence-corrected chi connectivity index (χ3v) is 3.05. The lowest BCUT2D eigenvalue weighted by molar-refractivity contribution is -0.162. The van der Waals surface area contributed by atoms with Crippen molar-refractivity contribution in [2.24, 2.45) is 5.16 Å². The number of carbonyl (C=O) groups excluding carboxylic acids is 1. The Balaban J connectivity index is 2.37. The van der Waals surface area contributed by atoms with Crippen molar-refractivity contribution in [1.29, 1.82) is 0 Å². The van der Waals surface area contributed by atoms with Crippen LogP contribution in [0, 0.1) is 0 Å². The van der Waals surface area contributed by atoms with Crippen molar-refractivity contribution in [3.63, 3.8) is 0 Å². The molecule has 0 amide bonds. The molecule has 5 nitrogen and oxygen atoms in total. The molecule has 1 saturated heterocycles. The van der Waals surface area contributed by atoms with Gasteiger partial charge in [-0.15, -0.1) is 0 Å². The van der Waals surface area contributed by atoms with E-state index >= 15 is 0 Å². The number of ketones is 1. The van der Waals surface area contributed by atoms with E-state index in [2.05, 4.69) is 10.5 Å². The van der Waals surface area contributed by atoms with E-state index in [4.69, 9.17) is 9.57 Å². The molecule has 0 aromatic rings. The molecule has 0 aromatic carbocycles. The standard InChI is InChI=1S/C13H24N2O3/c1-4-12(16)11(14-3)9-10(2)15-18-13-7-5-6-8-17-13/h11,13-14H,4-9H2,1-3H3/b15-10-/t11-,13?/m0/s1. The molecule has 0 aliphatic carbocycles. The number of Topliss-reactive ketones (excluding diaryl/α,β-unsaturated/α-hetero) is 1. The van der Waals surface area contributed by atoms with Crippen molar-refractivity contribution >= 4 is 11.5 Å². The van der Waals surface area contributed by atoms with Crippen LogP contribution in [0.2, 0.25) is 0 Å². The first-order valence-corrected chi connectivity index (χ1v) is 6.68. The molecule has 1 heterocycles. The second kappa shape index (κ2) is 8.21. The first-order chi connectivity index (χ1) is 8.67. The summed E-state index contributed by atoms with van der Waals surface area (Å²) >= 11 is 0. The topological polar surface area (TPSA) is 59.9 Å². The van der Waals surface area contributed by atoms with E-state index in [1.807, 2.05) is 13.8 Å². The Kier molecular flexibility index (Phi) is 6.90. The first-order valence-electron chi connectivity index (χ1n) is 6.68. The third kappa shape index (κ3) is 5.14. The van der Waals surface area contributed by atoms with Gasteiger partial charge in [-0.3, -0.25) is 4.79 Å². The Morgan fingerprint density at radius 3 is 2.89 bits per heavy atom. The highest BCUT2D eigenvalue weighted by Gasteiger charge is 2.17. The Bertz CT molecular complexity index is 286. The molecule has 0 radical (unpaired) electrons. The van der Waals surface area contributed by atoms with Gasteiger partial charge in [0, 0.05) is 19.3 Å². The molecule has 1 N–H and O–H groups in total. The fourth-order valence-electron chi connectivity index (χ4n) is 1.90. The molecule has 104 valence electrons. The van der Waals surface area contributed by atoms with Crippen LogP contribution in [0.3, 0.4) is 0 Å². The normalized spacial score (nSPS) is 22.6. The summed E-state index contributed by atoms with van der Waals surface area (Å²) in [5.74, 6) is 0.195. The SMILES string of the molecule is CCC(=O)[C@H](C/C(C)=N\OC1CCCCO1)NC. The van der Waals surface area contributed by atoms with E-state index in [9.17, 15) is 4.79 Å². The lowest BCUT2D eigenvalue weighted by atomic mass is 10.1. The first kappa shape index (κ1) is 15.1. The van der Waals surface area contributed by atoms with Crippen LogP contribution in [-0.2, 0) is 14.4 Å². The fourth-order valence-corrected chi connectivity index (χ4v) is 1.90. The highest BCUT2D eigenvalue weighted by Crippen LogP contribution is 2.14. The van der Waals surface area contributed by atoms with Crippen LogP contribution in [0.1, 0.15) is 46.0 Å². The van der Waals surface area contributed by atoms with Gasteiger partial charge in [0.15, 0.2) is 0 Å². The summed E-state index contributed by atoms with van der Waals surface area (Å²) in [6.45, 7) is 4.48. The van der Waals surface area contributed by atoms with E-state index < -0.39 is 0 Å². The van der Waals surface area contributed by atoms with Crippen LogP contribution in [0.25, 0.3) is 0 Å². The van der Waals surface area contributed by atoms with Crippen molar-refractivity contribution in [3.8, 4) is 0 Å². The van der Waals surface area contributed by atoms with Crippen LogP contribution in [0.5, 0.6) is 0 Å². The number of hydrogen-bond donors (Lipinski definition) is 1. The minimum absolute atomic E-state index is 0.172. The number of likely N-dealkylation sites (N-methyl/N-ethyl adjacent to an activating group) is 1. The molecule has 2 atom stereocenters. The zero-order chi connectivity index (χ0) is 13.4. The zero-order valence-electron chi connectivity index (χ0n) is 11.6. The van der Waals surface area contributed by atoms with Gasteiger partial charge in [-0.2, -0.15) is 0 Å². The number of carbonyl (C=O) groups is 1. The van der Waals surface area contributed by atoms with Crippen molar-refractivity contribution < 1.29 is 14.4 Å². The highest BCUT2D eigenvalue weighted by atomic mass is 16.8. The predicted octanol–water partition coefficient (Wildman–Crippen LogP) is 1.86. The van der Waals surface area contributed by atoms with Crippen LogP contribution >= 0.6 is 0 Å². The van der Waals surface area contributed by atoms with Gasteiger partial charge in [-0.05, 0) is 26.8 Å². The van der Waals surface area contributed by atoms with E-state index in [1.165, 1.54) is 0 Å². The van der Waals surface area contributed by atoms with Crippen molar-refractivity contribution in [2.75, 3.05) is 13.7 Å². The highest BCUT2D eigenvalue weighted by molar-refractivity contribution is 5.91. The van der Waals surface area contributed by atoms with Gasteiger partial charge in [0.2, 0.25) is 6.29 Å². The minimum atomic E-state index is -0.219. The number of hydrogen-bond acceptors (Lipinski definition) is 5. The van der Waals surface area contributed by atoms with E-state index in [-0.39, 0.29) is 18.1 Å². The van der Waals surface area contributed by atoms with Crippen molar-refractivity contribution in [1.82, 2.24) is 5.32 Å². The third-order valence-electron chi connectivity index (χ3n) is 3.05. The smallest absolute Gasteiger partial charge is 0.226 e. The number of ether oxygens (including phenoxy) is 1. The van der Waals surface area contributed by atoms with Gasteiger partial charge in [0.05, 0.1) is 18.4 Å². The summed E-state index contributed by atoms with van der Waals surface area (Å²) in [5, 5.41) is 7.06. The van der Waals surface area contributed by atoms with Crippen LogP contribution in [-0.4, -0.2) is 37.5 Å². The quantitative estimate of drug-likeness (QED) is 0.558. The average Bonchev–Trinajstić information content (AvgIpc) is 2.42. The Morgan fingerprint density at radius 1 is 1.56 bits per heavy atom. The second-order valence-electron chi connectivity index (χ2n) is 4.59. The molecule has 1 rings (SSSR count). The largest absolute Gasteiger partial charge is 0.364 e. The summed E-state index contributed by atoms with van der Waals surface area (Å²) < 4.78 is 5.42. The Labute approximate surface area is 109 Å². The zero-order valence-corrected chi connectivity index (χ0v) is 11.6. The van der Waals surface area contributed by atoms with Crippen LogP contribution < -0.4 is 5.32 Å². The average molecular weight is 256 g/mol. The molecular formula is C13H24N2O3. The summed E-state index contributed by atoms with van der Waals surface area (Å²) in [4.78, 5) is 16.9. The summed E-state index contributed by atoms with van der Waals surface area (Å²) in [6.07, 6.45) is 3.99. The van der Waals surface area contributed by atoms with Gasteiger partial charge in [-0.25, -0.2) is 0 Å². The minimum Gasteiger partial charge on any atom is -0.364 e. The maximum atomic E-state index is 11.6. The van der Waals surface area contributed by atoms with Crippen LogP contribution in [0.15, 0.2) is 5.16 Å². The van der Waals surface area contributed by atoms with E-state index in [0.717, 1.165) is 31.6 Å². The van der Waals surface area contributed by atoms with Crippen molar-refractivity contribution in [2.45, 2.75) is 58.3 Å². The van der Waals surface area contributed by atoms with E-state index in [1.54, 1.807) is 7.05 Å². The molecule has 0 bridgehead atoms. The number of nitrogens with zero attached hydrogens (tertiary/aromatic N) is 1. The summed E-state index contributed by atoms with van der Waals surface area (Å²) in [5.41, 5.74) is 0.810. The van der Waals surface area contributed by atoms with Gasteiger partial charge < -0.3 is 14.9 Å². The number of oxime groups is 1. The molecule has 0 spiro atoms. The van der Waals surface area contributed by atoms with Crippen molar-refractivity contribution in [3.05, 3.63) is 0 Å². The number of nitrogens with one attached hydrogen (secondary N) is 1. The monoisotopic (exact) mass is 256 g/mol. The predicted molar refractivity (Wildman–Crippen MR) is 70.5 cm³/mol. The molecule has 0 saturated carbocycles. The molecule has 1 aliphatic rings. The maximum Gasteiger partial charge on any atom is 0.226 e. The molecular weight excluding hydrogens is 232 g/mol. The lowest BCUT2D eigenvalue weighted by Gasteiger charge is -2.20. The van der Waals surface area contributed by atoms with Gasteiger partial charge >= 0.3 is 0 Å². The lowest BCUT2D eigenvalue weighted by Crippen LogP contribution is -2.35. The van der Waals surface area contributed by atoms with E-state index in [0.29, 0.717) is 12.8 Å².